The lowest BCUT2D eigenvalue weighted by Gasteiger charge is -2.34. The number of methoxy groups -OCH3 is 1. The van der Waals surface area contributed by atoms with Crippen molar-refractivity contribution >= 4 is 39.1 Å². The van der Waals surface area contributed by atoms with Gasteiger partial charge in [-0.1, -0.05) is 35.9 Å². The number of anilines is 1. The van der Waals surface area contributed by atoms with Crippen LogP contribution in [0.3, 0.4) is 0 Å². The van der Waals surface area contributed by atoms with Crippen molar-refractivity contribution in [2.45, 2.75) is 49.7 Å². The molecule has 220 valence electrons. The zero-order chi connectivity index (χ0) is 28.8. The van der Waals surface area contributed by atoms with E-state index >= 15 is 4.39 Å². The van der Waals surface area contributed by atoms with Crippen LogP contribution in [0.1, 0.15) is 32.1 Å². The molecule has 0 spiro atoms. The van der Waals surface area contributed by atoms with Gasteiger partial charge in [0.2, 0.25) is 0 Å². The van der Waals surface area contributed by atoms with Gasteiger partial charge in [-0.25, -0.2) is 4.39 Å². The first-order chi connectivity index (χ1) is 20.4. The highest BCUT2D eigenvalue weighted by Crippen LogP contribution is 2.43. The Balaban J connectivity index is 1.36. The number of hydrogen-bond acceptors (Lipinski definition) is 8. The first-order valence-corrected chi connectivity index (χ1v) is 15.1. The van der Waals surface area contributed by atoms with Gasteiger partial charge in [0.1, 0.15) is 23.7 Å². The van der Waals surface area contributed by atoms with Gasteiger partial charge in [0.15, 0.2) is 5.82 Å². The van der Waals surface area contributed by atoms with E-state index < -0.39 is 5.82 Å². The highest BCUT2D eigenvalue weighted by molar-refractivity contribution is 6.35. The van der Waals surface area contributed by atoms with Crippen molar-refractivity contribution in [3.63, 3.8) is 0 Å². The van der Waals surface area contributed by atoms with E-state index in [-0.39, 0.29) is 33.4 Å². The molecule has 2 bridgehead atoms. The summed E-state index contributed by atoms with van der Waals surface area (Å²) in [4.78, 5) is 11.7. The second kappa shape index (κ2) is 11.1. The molecule has 0 amide bonds. The lowest BCUT2D eigenvalue weighted by molar-refractivity contribution is 0.122. The maximum Gasteiger partial charge on any atom is 0.319 e. The molecule has 3 N–H and O–H groups in total. The van der Waals surface area contributed by atoms with Crippen LogP contribution in [-0.4, -0.2) is 72.7 Å². The number of aromatic hydroxyl groups is 1. The Kier molecular flexibility index (Phi) is 7.30. The standard InChI is InChI=1S/C32H35ClFN5O3/c1-41-12-10-32(9-4-11-35-32)18-42-31-37-29-25(30(38-31)39-16-20-7-8-21(17-39)36-20)15-26(33)27(28(29)34)24-14-22(40)13-19-5-2-3-6-23(19)24/h2-3,5-6,13-15,20-21,35-36,40H,4,7-12,16-18H2,1H3. The van der Waals surface area contributed by atoms with Crippen LogP contribution >= 0.6 is 11.6 Å². The molecule has 7 rings (SSSR count). The molecule has 42 heavy (non-hydrogen) atoms. The van der Waals surface area contributed by atoms with Gasteiger partial charge in [-0.3, -0.25) is 0 Å². The fraction of sp³-hybridized carbons (Fsp3) is 0.438. The number of benzene rings is 3. The van der Waals surface area contributed by atoms with E-state index in [1.807, 2.05) is 24.3 Å². The Morgan fingerprint density at radius 1 is 1.12 bits per heavy atom. The first kappa shape index (κ1) is 27.6. The Bertz CT molecular complexity index is 1630. The average Bonchev–Trinajstić information content (AvgIpc) is 3.60. The molecule has 3 aliphatic rings. The van der Waals surface area contributed by atoms with E-state index in [1.165, 1.54) is 0 Å². The van der Waals surface area contributed by atoms with Gasteiger partial charge in [-0.2, -0.15) is 9.97 Å². The lowest BCUT2D eigenvalue weighted by atomic mass is 9.95. The Labute approximate surface area is 249 Å². The van der Waals surface area contributed by atoms with Crippen LogP contribution in [0.5, 0.6) is 11.8 Å². The molecule has 3 fully saturated rings. The maximum atomic E-state index is 16.8. The number of phenols is 1. The molecule has 3 saturated heterocycles. The Hall–Kier alpha value is -3.24. The quantitative estimate of drug-likeness (QED) is 0.250. The van der Waals surface area contributed by atoms with Crippen LogP contribution in [-0.2, 0) is 4.74 Å². The van der Waals surface area contributed by atoms with Crippen LogP contribution in [0.15, 0.2) is 42.5 Å². The van der Waals surface area contributed by atoms with Gasteiger partial charge in [0, 0.05) is 49.8 Å². The van der Waals surface area contributed by atoms with E-state index in [0.717, 1.165) is 62.5 Å². The lowest BCUT2D eigenvalue weighted by Crippen LogP contribution is -2.51. The molecule has 8 nitrogen and oxygen atoms in total. The molecule has 0 aliphatic carbocycles. The number of nitrogens with one attached hydrogen (secondary N) is 2. The predicted molar refractivity (Wildman–Crippen MR) is 163 cm³/mol. The molecule has 3 aliphatic heterocycles. The molecule has 1 aromatic heterocycles. The molecule has 3 atom stereocenters. The third-order valence-electron chi connectivity index (χ3n) is 9.07. The van der Waals surface area contributed by atoms with E-state index in [1.54, 1.807) is 25.3 Å². The first-order valence-electron chi connectivity index (χ1n) is 14.7. The van der Waals surface area contributed by atoms with E-state index in [9.17, 15) is 5.11 Å². The number of aromatic nitrogens is 2. The minimum atomic E-state index is -0.562. The van der Waals surface area contributed by atoms with E-state index in [2.05, 4.69) is 20.5 Å². The van der Waals surface area contributed by atoms with Gasteiger partial charge in [-0.15, -0.1) is 0 Å². The number of ether oxygens (including phenoxy) is 2. The summed E-state index contributed by atoms with van der Waals surface area (Å²) >= 11 is 6.87. The summed E-state index contributed by atoms with van der Waals surface area (Å²) in [6.45, 7) is 3.40. The average molecular weight is 592 g/mol. The van der Waals surface area contributed by atoms with Gasteiger partial charge in [0.05, 0.1) is 10.6 Å². The van der Waals surface area contributed by atoms with Crippen LogP contribution in [0.2, 0.25) is 5.02 Å². The third kappa shape index (κ3) is 5.02. The number of phenolic OH excluding ortho intramolecular Hbond substituents is 1. The summed E-state index contributed by atoms with van der Waals surface area (Å²) in [5, 5.41) is 20.1. The molecule has 0 saturated carbocycles. The second-order valence-electron chi connectivity index (χ2n) is 11.9. The molecule has 0 radical (unpaired) electrons. The fourth-order valence-electron chi connectivity index (χ4n) is 6.96. The van der Waals surface area contributed by atoms with Crippen LogP contribution in [0, 0.1) is 5.82 Å². The van der Waals surface area contributed by atoms with Crippen molar-refractivity contribution in [2.24, 2.45) is 0 Å². The highest BCUT2D eigenvalue weighted by atomic mass is 35.5. The summed E-state index contributed by atoms with van der Waals surface area (Å²) in [5.41, 5.74) is 0.609. The SMILES string of the molecule is COCCC1(COc2nc(N3CC4CCC(C3)N4)c3cc(Cl)c(-c4cc(O)cc5ccccc45)c(F)c3n2)CCCN1. The van der Waals surface area contributed by atoms with Gasteiger partial charge in [0.25, 0.3) is 0 Å². The van der Waals surface area contributed by atoms with Crippen molar-refractivity contribution < 1.29 is 19.0 Å². The van der Waals surface area contributed by atoms with Crippen molar-refractivity contribution in [3.05, 3.63) is 53.3 Å². The highest BCUT2D eigenvalue weighted by Gasteiger charge is 2.36. The van der Waals surface area contributed by atoms with E-state index in [4.69, 9.17) is 26.1 Å². The maximum absolute atomic E-state index is 16.8. The number of halogens is 2. The van der Waals surface area contributed by atoms with Crippen LogP contribution in [0.25, 0.3) is 32.8 Å². The largest absolute Gasteiger partial charge is 0.508 e. The normalized spacial score (nSPS) is 23.7. The number of rotatable bonds is 8. The molecular formula is C32H35ClFN5O3. The molecule has 4 aromatic rings. The van der Waals surface area contributed by atoms with Gasteiger partial charge < -0.3 is 30.1 Å². The van der Waals surface area contributed by atoms with E-state index in [0.29, 0.717) is 42.1 Å². The summed E-state index contributed by atoms with van der Waals surface area (Å²) in [6, 6.07) is 13.4. The summed E-state index contributed by atoms with van der Waals surface area (Å²) in [6.07, 6.45) is 5.01. The second-order valence-corrected chi connectivity index (χ2v) is 12.3. The molecular weight excluding hydrogens is 557 g/mol. The van der Waals surface area contributed by atoms with Crippen LogP contribution in [0.4, 0.5) is 10.2 Å². The summed E-state index contributed by atoms with van der Waals surface area (Å²) < 4.78 is 28.4. The van der Waals surface area contributed by atoms with Crippen molar-refractivity contribution in [1.29, 1.82) is 0 Å². The van der Waals surface area contributed by atoms with Crippen molar-refractivity contribution in [2.75, 3.05) is 44.9 Å². The smallest absolute Gasteiger partial charge is 0.319 e. The molecule has 3 aromatic carbocycles. The fourth-order valence-corrected chi connectivity index (χ4v) is 7.26. The topological polar surface area (TPSA) is 91.8 Å². The summed E-state index contributed by atoms with van der Waals surface area (Å²) in [7, 11) is 1.70. The van der Waals surface area contributed by atoms with Gasteiger partial charge >= 0.3 is 6.01 Å². The number of nitrogens with zero attached hydrogens (tertiary/aromatic N) is 3. The van der Waals surface area contributed by atoms with Crippen LogP contribution < -0.4 is 20.3 Å². The predicted octanol–water partition coefficient (Wildman–Crippen LogP) is 5.43. The molecule has 10 heteroatoms. The van der Waals surface area contributed by atoms with Crippen molar-refractivity contribution in [1.82, 2.24) is 20.6 Å². The van der Waals surface area contributed by atoms with Crippen molar-refractivity contribution in [3.8, 4) is 22.9 Å². The monoisotopic (exact) mass is 591 g/mol. The number of fused-ring (bicyclic) bond motifs is 4. The number of hydrogen-bond donors (Lipinski definition) is 3. The van der Waals surface area contributed by atoms with Gasteiger partial charge in [-0.05, 0) is 73.2 Å². The third-order valence-corrected chi connectivity index (χ3v) is 9.37. The molecule has 4 heterocycles. The minimum absolute atomic E-state index is 0.0355. The Morgan fingerprint density at radius 2 is 1.93 bits per heavy atom. The summed E-state index contributed by atoms with van der Waals surface area (Å²) in [5.74, 6) is 0.105. The number of piperazine rings is 1. The molecule has 3 unspecified atom stereocenters. The minimum Gasteiger partial charge on any atom is -0.508 e. The Morgan fingerprint density at radius 3 is 2.69 bits per heavy atom. The zero-order valence-corrected chi connectivity index (χ0v) is 24.4. The zero-order valence-electron chi connectivity index (χ0n) is 23.6.